The zero-order valence-electron chi connectivity index (χ0n) is 9.38. The first kappa shape index (κ1) is 11.3. The molecule has 0 atom stereocenters. The Hall–Kier alpha value is -1.16. The number of fused-ring (bicyclic) bond motifs is 1. The smallest absolute Gasteiger partial charge is 0.234 e. The fraction of sp³-hybridized carbons (Fsp3) is 0.417. The molecule has 16 heavy (non-hydrogen) atoms. The average molecular weight is 236 g/mol. The lowest BCUT2D eigenvalue weighted by molar-refractivity contribution is -0.113. The van der Waals surface area contributed by atoms with Gasteiger partial charge >= 0.3 is 0 Å². The number of benzene rings is 1. The normalized spacial score (nSPS) is 14.2. The van der Waals surface area contributed by atoms with E-state index in [-0.39, 0.29) is 5.91 Å². The van der Waals surface area contributed by atoms with E-state index >= 15 is 0 Å². The number of anilines is 2. The summed E-state index contributed by atoms with van der Waals surface area (Å²) in [5, 5.41) is 6.24. The molecule has 4 heteroatoms. The predicted octanol–water partition coefficient (Wildman–Crippen LogP) is 2.94. The van der Waals surface area contributed by atoms with Gasteiger partial charge in [0.1, 0.15) is 0 Å². The van der Waals surface area contributed by atoms with E-state index in [0.717, 1.165) is 29.2 Å². The van der Waals surface area contributed by atoms with Crippen molar-refractivity contribution in [3.8, 4) is 0 Å². The Morgan fingerprint density at radius 2 is 2.38 bits per heavy atom. The Kier molecular flexibility index (Phi) is 3.72. The minimum absolute atomic E-state index is 0.0863. The van der Waals surface area contributed by atoms with Crippen LogP contribution in [-0.2, 0) is 4.79 Å². The highest BCUT2D eigenvalue weighted by Gasteiger charge is 2.14. The number of carbonyl (C=O) groups is 1. The molecule has 0 unspecified atom stereocenters. The van der Waals surface area contributed by atoms with E-state index in [0.29, 0.717) is 5.75 Å². The molecule has 1 aliphatic heterocycles. The lowest BCUT2D eigenvalue weighted by Gasteiger charge is -2.17. The first-order valence-corrected chi connectivity index (χ1v) is 6.58. The number of hydrogen-bond acceptors (Lipinski definition) is 3. The van der Waals surface area contributed by atoms with Crippen LogP contribution in [0.3, 0.4) is 0 Å². The average Bonchev–Trinajstić information content (AvgIpc) is 2.29. The molecule has 0 aliphatic carbocycles. The third kappa shape index (κ3) is 2.70. The summed E-state index contributed by atoms with van der Waals surface area (Å²) in [6.07, 6.45) is 2.35. The van der Waals surface area contributed by atoms with Crippen LogP contribution >= 0.6 is 11.8 Å². The van der Waals surface area contributed by atoms with Gasteiger partial charge in [0.2, 0.25) is 5.91 Å². The van der Waals surface area contributed by atoms with Crippen molar-refractivity contribution in [1.29, 1.82) is 0 Å². The number of amides is 1. The maximum absolute atomic E-state index is 11.2. The molecule has 2 rings (SSSR count). The zero-order chi connectivity index (χ0) is 11.4. The van der Waals surface area contributed by atoms with Gasteiger partial charge in [-0.05, 0) is 24.6 Å². The van der Waals surface area contributed by atoms with Gasteiger partial charge in [-0.1, -0.05) is 13.3 Å². The standard InChI is InChI=1S/C12H16N2OS/c1-2-3-6-13-9-4-5-11-10(7-9)14-12(15)8-16-11/h4-5,7,13H,2-3,6,8H2,1H3,(H,14,15). The van der Waals surface area contributed by atoms with Crippen molar-refractivity contribution in [2.75, 3.05) is 22.9 Å². The molecule has 1 aromatic carbocycles. The van der Waals surface area contributed by atoms with Crippen molar-refractivity contribution in [2.45, 2.75) is 24.7 Å². The van der Waals surface area contributed by atoms with Crippen LogP contribution in [0.25, 0.3) is 0 Å². The molecule has 1 aliphatic rings. The molecule has 2 N–H and O–H groups in total. The summed E-state index contributed by atoms with van der Waals surface area (Å²) in [6.45, 7) is 3.15. The molecular weight excluding hydrogens is 220 g/mol. The fourth-order valence-corrected chi connectivity index (χ4v) is 2.39. The molecule has 0 aromatic heterocycles. The van der Waals surface area contributed by atoms with Gasteiger partial charge in [0.05, 0.1) is 11.4 Å². The van der Waals surface area contributed by atoms with Crippen LogP contribution in [0.15, 0.2) is 23.1 Å². The quantitative estimate of drug-likeness (QED) is 0.790. The summed E-state index contributed by atoms with van der Waals surface area (Å²) in [4.78, 5) is 12.4. The molecule has 86 valence electrons. The number of thioether (sulfide) groups is 1. The van der Waals surface area contributed by atoms with Crippen LogP contribution < -0.4 is 10.6 Å². The summed E-state index contributed by atoms with van der Waals surface area (Å²) in [5.41, 5.74) is 2.01. The monoisotopic (exact) mass is 236 g/mol. The molecule has 0 saturated heterocycles. The molecule has 1 aromatic rings. The van der Waals surface area contributed by atoms with Crippen LogP contribution in [0.4, 0.5) is 11.4 Å². The molecule has 0 radical (unpaired) electrons. The lowest BCUT2D eigenvalue weighted by Crippen LogP contribution is -2.18. The van der Waals surface area contributed by atoms with E-state index in [4.69, 9.17) is 0 Å². The van der Waals surface area contributed by atoms with E-state index in [1.165, 1.54) is 6.42 Å². The predicted molar refractivity (Wildman–Crippen MR) is 69.2 cm³/mol. The maximum atomic E-state index is 11.2. The number of unbranched alkanes of at least 4 members (excludes halogenated alkanes) is 1. The van der Waals surface area contributed by atoms with E-state index in [1.54, 1.807) is 11.8 Å². The van der Waals surface area contributed by atoms with Gasteiger partial charge < -0.3 is 10.6 Å². The van der Waals surface area contributed by atoms with Crippen molar-refractivity contribution in [2.24, 2.45) is 0 Å². The highest BCUT2D eigenvalue weighted by atomic mass is 32.2. The van der Waals surface area contributed by atoms with Crippen molar-refractivity contribution >= 4 is 29.0 Å². The first-order chi connectivity index (χ1) is 7.79. The van der Waals surface area contributed by atoms with Gasteiger partial charge in [-0.15, -0.1) is 11.8 Å². The van der Waals surface area contributed by atoms with Crippen molar-refractivity contribution in [3.63, 3.8) is 0 Å². The van der Waals surface area contributed by atoms with Crippen molar-refractivity contribution < 1.29 is 4.79 Å². The molecule has 0 saturated carbocycles. The first-order valence-electron chi connectivity index (χ1n) is 5.60. The Morgan fingerprint density at radius 3 is 3.19 bits per heavy atom. The van der Waals surface area contributed by atoms with Gasteiger partial charge in [-0.2, -0.15) is 0 Å². The van der Waals surface area contributed by atoms with Crippen LogP contribution in [0, 0.1) is 0 Å². The van der Waals surface area contributed by atoms with E-state index in [1.807, 2.05) is 6.07 Å². The lowest BCUT2D eigenvalue weighted by atomic mass is 10.2. The molecule has 1 heterocycles. The second kappa shape index (κ2) is 5.25. The van der Waals surface area contributed by atoms with Crippen LogP contribution in [0.1, 0.15) is 19.8 Å². The van der Waals surface area contributed by atoms with E-state index in [9.17, 15) is 4.79 Å². The number of rotatable bonds is 4. The summed E-state index contributed by atoms with van der Waals surface area (Å²) in [6, 6.07) is 6.14. The molecular formula is C12H16N2OS. The largest absolute Gasteiger partial charge is 0.385 e. The SMILES string of the molecule is CCCCNc1ccc2c(c1)NC(=O)CS2. The van der Waals surface area contributed by atoms with E-state index in [2.05, 4.69) is 29.7 Å². The minimum atomic E-state index is 0.0863. The molecule has 1 amide bonds. The summed E-state index contributed by atoms with van der Waals surface area (Å²) in [7, 11) is 0. The maximum Gasteiger partial charge on any atom is 0.234 e. The molecule has 3 nitrogen and oxygen atoms in total. The van der Waals surface area contributed by atoms with Crippen molar-refractivity contribution in [1.82, 2.24) is 0 Å². The highest BCUT2D eigenvalue weighted by molar-refractivity contribution is 8.00. The Bertz CT molecular complexity index is 393. The fourth-order valence-electron chi connectivity index (χ4n) is 1.60. The third-order valence-electron chi connectivity index (χ3n) is 2.47. The summed E-state index contributed by atoms with van der Waals surface area (Å²) in [5.74, 6) is 0.610. The second-order valence-electron chi connectivity index (χ2n) is 3.83. The second-order valence-corrected chi connectivity index (χ2v) is 4.85. The number of hydrogen-bond donors (Lipinski definition) is 2. The molecule has 0 fully saturated rings. The number of carbonyl (C=O) groups excluding carboxylic acids is 1. The zero-order valence-corrected chi connectivity index (χ0v) is 10.2. The van der Waals surface area contributed by atoms with Gasteiger partial charge in [-0.3, -0.25) is 4.79 Å². The van der Waals surface area contributed by atoms with Gasteiger partial charge in [0.15, 0.2) is 0 Å². The van der Waals surface area contributed by atoms with Gasteiger partial charge in [0, 0.05) is 17.1 Å². The van der Waals surface area contributed by atoms with Crippen molar-refractivity contribution in [3.05, 3.63) is 18.2 Å². The summed E-state index contributed by atoms with van der Waals surface area (Å²) < 4.78 is 0. The van der Waals surface area contributed by atoms with E-state index < -0.39 is 0 Å². The molecule has 0 spiro atoms. The Labute approximate surface area is 100.0 Å². The topological polar surface area (TPSA) is 41.1 Å². The number of nitrogens with one attached hydrogen (secondary N) is 2. The highest BCUT2D eigenvalue weighted by Crippen LogP contribution is 2.33. The molecule has 0 bridgehead atoms. The van der Waals surface area contributed by atoms with Gasteiger partial charge in [0.25, 0.3) is 0 Å². The Balaban J connectivity index is 2.06. The van der Waals surface area contributed by atoms with Crippen LogP contribution in [-0.4, -0.2) is 18.2 Å². The Morgan fingerprint density at radius 1 is 1.50 bits per heavy atom. The van der Waals surface area contributed by atoms with Gasteiger partial charge in [-0.25, -0.2) is 0 Å². The minimum Gasteiger partial charge on any atom is -0.385 e. The third-order valence-corrected chi connectivity index (χ3v) is 3.55. The van der Waals surface area contributed by atoms with Crippen LogP contribution in [0.2, 0.25) is 0 Å². The summed E-state index contributed by atoms with van der Waals surface area (Å²) >= 11 is 1.59. The van der Waals surface area contributed by atoms with Crippen LogP contribution in [0.5, 0.6) is 0 Å².